The lowest BCUT2D eigenvalue weighted by molar-refractivity contribution is -0.152. The van der Waals surface area contributed by atoms with E-state index in [1.807, 2.05) is 57.2 Å². The molecule has 1 saturated heterocycles. The Balaban J connectivity index is 1.28. The third-order valence-corrected chi connectivity index (χ3v) is 13.8. The maximum Gasteiger partial charge on any atom is 0.306 e. The Morgan fingerprint density at radius 1 is 1.07 bits per heavy atom. The molecule has 3 fully saturated rings. The molecule has 57 heavy (non-hydrogen) atoms. The number of ketones is 1. The molecule has 5 atom stereocenters. The molecular weight excluding hydrogens is 751 g/mol. The molecule has 2 aromatic rings. The molecule has 14 heteroatoms. The van der Waals surface area contributed by atoms with Crippen molar-refractivity contribution in [3.8, 4) is 17.4 Å². The summed E-state index contributed by atoms with van der Waals surface area (Å²) in [6, 6.07) is 4.49. The predicted molar refractivity (Wildman–Crippen MR) is 213 cm³/mol. The van der Waals surface area contributed by atoms with Crippen LogP contribution in [0.1, 0.15) is 103 Å². The van der Waals surface area contributed by atoms with E-state index in [4.69, 9.17) is 23.9 Å². The Hall–Kier alpha value is -4.46. The molecule has 4 heterocycles. The zero-order valence-corrected chi connectivity index (χ0v) is 34.2. The summed E-state index contributed by atoms with van der Waals surface area (Å²) in [6.45, 7) is 6.45. The Bertz CT molecular complexity index is 2080. The average Bonchev–Trinajstić information content (AvgIpc) is 4.09. The second-order valence-corrected chi connectivity index (χ2v) is 19.1. The van der Waals surface area contributed by atoms with Crippen LogP contribution in [-0.4, -0.2) is 86.1 Å². The molecular formula is C43H55N3O10S. The van der Waals surface area contributed by atoms with Crippen LogP contribution in [0, 0.1) is 22.7 Å². The van der Waals surface area contributed by atoms with Crippen molar-refractivity contribution >= 4 is 50.6 Å². The van der Waals surface area contributed by atoms with Gasteiger partial charge in [-0.3, -0.25) is 23.9 Å². The third-order valence-electron chi connectivity index (χ3n) is 12.0. The maximum absolute atomic E-state index is 14.7. The van der Waals surface area contributed by atoms with Crippen molar-refractivity contribution < 1.29 is 46.5 Å². The lowest BCUT2D eigenvalue weighted by atomic mass is 9.89. The fraction of sp³-hybridized carbons (Fsp3) is 0.605. The van der Waals surface area contributed by atoms with Crippen LogP contribution in [0.3, 0.4) is 0 Å². The van der Waals surface area contributed by atoms with E-state index in [-0.39, 0.29) is 50.0 Å². The first-order chi connectivity index (χ1) is 27.2. The van der Waals surface area contributed by atoms with E-state index in [9.17, 15) is 27.6 Å². The minimum Gasteiger partial charge on any atom is -0.496 e. The molecule has 1 aromatic carbocycles. The topological polar surface area (TPSA) is 167 Å². The Morgan fingerprint density at radius 2 is 1.88 bits per heavy atom. The van der Waals surface area contributed by atoms with Crippen molar-refractivity contribution in [3.05, 3.63) is 42.0 Å². The highest BCUT2D eigenvalue weighted by Crippen LogP contribution is 2.57. The second kappa shape index (κ2) is 16.4. The summed E-state index contributed by atoms with van der Waals surface area (Å²) >= 11 is 0. The minimum absolute atomic E-state index is 0.0586. The number of rotatable bonds is 6. The number of hydrogen-bond acceptors (Lipinski definition) is 11. The smallest absolute Gasteiger partial charge is 0.306 e. The Morgan fingerprint density at radius 3 is 2.63 bits per heavy atom. The van der Waals surface area contributed by atoms with Crippen LogP contribution < -0.4 is 18.9 Å². The molecule has 2 aliphatic carbocycles. The van der Waals surface area contributed by atoms with Crippen LogP contribution in [0.4, 0.5) is 0 Å². The van der Waals surface area contributed by atoms with Gasteiger partial charge in [-0.1, -0.05) is 51.0 Å². The van der Waals surface area contributed by atoms with Gasteiger partial charge in [0.25, 0.3) is 0 Å². The van der Waals surface area contributed by atoms with E-state index < -0.39 is 56.0 Å². The number of Topliss-reactive ketones (excluding diaryl/α,β-unsaturated/α-hetero) is 1. The third kappa shape index (κ3) is 9.16. The van der Waals surface area contributed by atoms with E-state index in [0.717, 1.165) is 24.8 Å². The van der Waals surface area contributed by atoms with Gasteiger partial charge in [-0.05, 0) is 63.9 Å². The first-order valence-corrected chi connectivity index (χ1v) is 22.0. The quantitative estimate of drug-likeness (QED) is 0.266. The molecule has 1 aromatic heterocycles. The second-order valence-electron chi connectivity index (χ2n) is 17.2. The van der Waals surface area contributed by atoms with Crippen molar-refractivity contribution in [1.82, 2.24) is 14.6 Å². The lowest BCUT2D eigenvalue weighted by Gasteiger charge is -2.29. The van der Waals surface area contributed by atoms with Gasteiger partial charge in [0.1, 0.15) is 17.6 Å². The van der Waals surface area contributed by atoms with Crippen molar-refractivity contribution in [3.63, 3.8) is 0 Å². The first-order valence-electron chi connectivity index (χ1n) is 20.4. The number of pyridine rings is 1. The number of cyclic esters (lactones) is 1. The number of hydrogen-bond donors (Lipinski definition) is 1. The SMILES string of the molecule is CCOc1cc2c3cc(c(OC)cc3n1)/C=C/CC(C)(C)COC(=O)C[C@H]1CCCCC/C=C\[C@@H]3C[C@@]3(C(=O)NS(=O)(=O)C3CC3)CC(=O)[C@@H]3C[C@H](CN3C1=O)O2. The number of amides is 2. The number of aromatic nitrogens is 1. The van der Waals surface area contributed by atoms with Gasteiger partial charge in [0.15, 0.2) is 5.78 Å². The van der Waals surface area contributed by atoms with Crippen LogP contribution in [0.15, 0.2) is 36.4 Å². The number of carbonyl (C=O) groups excluding carboxylic acids is 4. The van der Waals surface area contributed by atoms with Gasteiger partial charge >= 0.3 is 5.97 Å². The van der Waals surface area contributed by atoms with Crippen molar-refractivity contribution in [2.24, 2.45) is 22.7 Å². The Kier molecular flexibility index (Phi) is 11.7. The van der Waals surface area contributed by atoms with Crippen LogP contribution in [-0.2, 0) is 33.9 Å². The predicted octanol–water partition coefficient (Wildman–Crippen LogP) is 6.08. The van der Waals surface area contributed by atoms with Crippen molar-refractivity contribution in [2.45, 2.75) is 115 Å². The number of methoxy groups -OCH3 is 1. The van der Waals surface area contributed by atoms with E-state index >= 15 is 0 Å². The number of nitrogens with zero attached hydrogens (tertiary/aromatic N) is 2. The number of fused-ring (bicyclic) bond motifs is 4. The zero-order chi connectivity index (χ0) is 40.5. The summed E-state index contributed by atoms with van der Waals surface area (Å²) in [5.41, 5.74) is -0.303. The normalized spacial score (nSPS) is 29.5. The summed E-state index contributed by atoms with van der Waals surface area (Å²) in [7, 11) is -2.27. The number of esters is 1. The van der Waals surface area contributed by atoms with Gasteiger partial charge in [0.2, 0.25) is 27.7 Å². The summed E-state index contributed by atoms with van der Waals surface area (Å²) in [5, 5.41) is 0.0893. The van der Waals surface area contributed by atoms with E-state index in [2.05, 4.69) is 4.72 Å². The molecule has 13 nitrogen and oxygen atoms in total. The van der Waals surface area contributed by atoms with E-state index in [1.165, 1.54) is 4.90 Å². The number of ether oxygens (including phenoxy) is 4. The van der Waals surface area contributed by atoms with Gasteiger partial charge in [-0.25, -0.2) is 13.4 Å². The fourth-order valence-corrected chi connectivity index (χ4v) is 9.83. The highest BCUT2D eigenvalue weighted by atomic mass is 32.2. The van der Waals surface area contributed by atoms with Crippen LogP contribution in [0.5, 0.6) is 17.4 Å². The number of carbonyl (C=O) groups is 4. The molecule has 0 spiro atoms. The van der Waals surface area contributed by atoms with E-state index in [0.29, 0.717) is 73.4 Å². The van der Waals surface area contributed by atoms with Crippen LogP contribution >= 0.6 is 0 Å². The largest absolute Gasteiger partial charge is 0.496 e. The first kappa shape index (κ1) is 40.7. The molecule has 3 aliphatic heterocycles. The average molecular weight is 806 g/mol. The van der Waals surface area contributed by atoms with Crippen molar-refractivity contribution in [2.75, 3.05) is 26.9 Å². The molecule has 2 amide bonds. The molecule has 5 bridgehead atoms. The number of sulfonamides is 1. The maximum atomic E-state index is 14.7. The standard InChI is InChI=1S/C43H55N3O10S/c1-5-54-38-22-37-32-18-27(36(53-4)21-33(32)44-38)13-11-17-42(2,3)26-55-39(48)19-28-12-9-7-6-8-10-14-29-23-43(29,41(50)45-57(51,52)31-15-16-31)24-35(47)34-20-30(56-37)25-46(34)40(28)49/h10-11,13-14,18,21-22,28-31,34H,5-9,12,15-17,19-20,23-26H2,1-4H3,(H,45,50)/b13-11+,14-10-/t28-,29-,30-,34+,43-/m1/s1. The monoisotopic (exact) mass is 805 g/mol. The van der Waals surface area contributed by atoms with Gasteiger partial charge < -0.3 is 23.8 Å². The lowest BCUT2D eigenvalue weighted by Crippen LogP contribution is -2.46. The minimum atomic E-state index is -3.86. The highest BCUT2D eigenvalue weighted by Gasteiger charge is 2.61. The molecule has 0 radical (unpaired) electrons. The van der Waals surface area contributed by atoms with Gasteiger partial charge in [0, 0.05) is 47.3 Å². The molecule has 1 N–H and O–H groups in total. The summed E-state index contributed by atoms with van der Waals surface area (Å²) in [5.74, 6) is -1.48. The zero-order valence-electron chi connectivity index (χ0n) is 33.4. The van der Waals surface area contributed by atoms with E-state index in [1.54, 1.807) is 13.2 Å². The van der Waals surface area contributed by atoms with Crippen LogP contribution in [0.25, 0.3) is 17.0 Å². The summed E-state index contributed by atoms with van der Waals surface area (Å²) in [4.78, 5) is 63.0. The Labute approximate surface area is 335 Å². The van der Waals surface area contributed by atoms with Gasteiger partial charge in [0.05, 0.1) is 55.5 Å². The molecule has 308 valence electrons. The molecule has 5 aliphatic rings. The van der Waals surface area contributed by atoms with Gasteiger partial charge in [-0.2, -0.15) is 0 Å². The fourth-order valence-electron chi connectivity index (χ4n) is 8.44. The number of allylic oxidation sites excluding steroid dienone is 3. The summed E-state index contributed by atoms with van der Waals surface area (Å²) < 4.78 is 52.3. The highest BCUT2D eigenvalue weighted by molar-refractivity contribution is 7.90. The number of benzene rings is 1. The molecule has 0 unspecified atom stereocenters. The number of nitrogens with one attached hydrogen (secondary N) is 1. The molecule has 7 rings (SSSR count). The van der Waals surface area contributed by atoms with Crippen LogP contribution in [0.2, 0.25) is 0 Å². The van der Waals surface area contributed by atoms with Crippen molar-refractivity contribution in [1.29, 1.82) is 0 Å². The van der Waals surface area contributed by atoms with Gasteiger partial charge in [-0.15, -0.1) is 0 Å². The molecule has 2 saturated carbocycles. The summed E-state index contributed by atoms with van der Waals surface area (Å²) in [6.07, 6.45) is 12.5.